The minimum atomic E-state index is 0.221. The lowest BCUT2D eigenvalue weighted by atomic mass is 10.1. The molecule has 1 aromatic carbocycles. The molecule has 0 aliphatic rings. The number of nitrogens with zero attached hydrogens (tertiary/aromatic N) is 1. The first kappa shape index (κ1) is 14.9. The van der Waals surface area contributed by atoms with Crippen molar-refractivity contribution < 1.29 is 0 Å². The molecule has 0 saturated heterocycles. The number of benzene rings is 1. The van der Waals surface area contributed by atoms with Gasteiger partial charge < -0.3 is 11.1 Å². The van der Waals surface area contributed by atoms with Crippen LogP contribution in [0.4, 0.5) is 5.69 Å². The molecule has 1 heterocycles. The van der Waals surface area contributed by atoms with E-state index in [0.29, 0.717) is 0 Å². The highest BCUT2D eigenvalue weighted by Gasteiger charge is 2.14. The summed E-state index contributed by atoms with van der Waals surface area (Å²) in [5.41, 5.74) is 9.25. The first-order valence-electron chi connectivity index (χ1n) is 6.83. The van der Waals surface area contributed by atoms with Crippen LogP contribution in [0.2, 0.25) is 0 Å². The fourth-order valence-corrected chi connectivity index (χ4v) is 3.22. The predicted molar refractivity (Wildman–Crippen MR) is 87.0 cm³/mol. The Morgan fingerprint density at radius 2 is 2.10 bits per heavy atom. The summed E-state index contributed by atoms with van der Waals surface area (Å²) in [5.74, 6) is 0.939. The van der Waals surface area contributed by atoms with E-state index in [0.717, 1.165) is 23.5 Å². The number of nitrogens with two attached hydrogens (primary N) is 1. The van der Waals surface area contributed by atoms with Gasteiger partial charge in [0.25, 0.3) is 0 Å². The van der Waals surface area contributed by atoms with E-state index in [4.69, 9.17) is 5.73 Å². The Kier molecular flexibility index (Phi) is 5.44. The minimum absolute atomic E-state index is 0.221. The second-order valence-electron chi connectivity index (χ2n) is 4.69. The number of hydrogen-bond donors (Lipinski definition) is 2. The Balaban J connectivity index is 2.11. The van der Waals surface area contributed by atoms with Gasteiger partial charge in [0.15, 0.2) is 0 Å². The Morgan fingerprint density at radius 1 is 1.30 bits per heavy atom. The summed E-state index contributed by atoms with van der Waals surface area (Å²) in [6, 6.07) is 10.5. The molecule has 0 aliphatic carbocycles. The molecule has 1 atom stereocenters. The van der Waals surface area contributed by atoms with Crippen molar-refractivity contribution in [3.05, 3.63) is 53.9 Å². The van der Waals surface area contributed by atoms with Crippen molar-refractivity contribution in [2.24, 2.45) is 0 Å². The number of hydrogen-bond acceptors (Lipinski definition) is 4. The largest absolute Gasteiger partial charge is 0.398 e. The maximum atomic E-state index is 6.06. The average Bonchev–Trinajstić information content (AvgIpc) is 2.46. The first-order valence-corrected chi connectivity index (χ1v) is 7.82. The summed E-state index contributed by atoms with van der Waals surface area (Å²) in [6.07, 6.45) is 3.59. The van der Waals surface area contributed by atoms with Crippen molar-refractivity contribution in [2.45, 2.75) is 24.8 Å². The van der Waals surface area contributed by atoms with Crippen LogP contribution < -0.4 is 11.1 Å². The number of thioether (sulfide) groups is 1. The normalized spacial score (nSPS) is 12.3. The summed E-state index contributed by atoms with van der Waals surface area (Å²) in [4.78, 5) is 5.51. The van der Waals surface area contributed by atoms with E-state index in [1.54, 1.807) is 6.20 Å². The Morgan fingerprint density at radius 3 is 2.80 bits per heavy atom. The fraction of sp³-hybridized carbons (Fsp3) is 0.312. The molecule has 1 unspecified atom stereocenters. The molecule has 0 saturated carbocycles. The van der Waals surface area contributed by atoms with Crippen LogP contribution in [-0.4, -0.2) is 17.3 Å². The molecular weight excluding hydrogens is 266 g/mol. The topological polar surface area (TPSA) is 50.9 Å². The molecule has 106 valence electrons. The third kappa shape index (κ3) is 3.74. The number of nitrogens with one attached hydrogen (secondary N) is 1. The van der Waals surface area contributed by atoms with Crippen LogP contribution in [0.3, 0.4) is 0 Å². The fourth-order valence-electron chi connectivity index (χ4n) is 2.11. The molecule has 3 nitrogen and oxygen atoms in total. The number of rotatable bonds is 6. The van der Waals surface area contributed by atoms with Gasteiger partial charge in [0.1, 0.15) is 0 Å². The molecule has 3 N–H and O–H groups in total. The number of aromatic nitrogens is 1. The molecule has 0 amide bonds. The zero-order valence-electron chi connectivity index (χ0n) is 12.0. The van der Waals surface area contributed by atoms with Gasteiger partial charge in [-0.05, 0) is 31.2 Å². The second-order valence-corrected chi connectivity index (χ2v) is 5.75. The van der Waals surface area contributed by atoms with Gasteiger partial charge in [0.05, 0.1) is 0 Å². The van der Waals surface area contributed by atoms with Crippen LogP contribution in [0.15, 0.2) is 47.6 Å². The maximum Gasteiger partial charge on any atom is 0.0451 e. The van der Waals surface area contributed by atoms with E-state index in [2.05, 4.69) is 48.4 Å². The van der Waals surface area contributed by atoms with Gasteiger partial charge in [-0.1, -0.05) is 25.1 Å². The van der Waals surface area contributed by atoms with Gasteiger partial charge in [-0.2, -0.15) is 0 Å². The third-order valence-corrected chi connectivity index (χ3v) is 4.48. The van der Waals surface area contributed by atoms with Crippen molar-refractivity contribution in [1.82, 2.24) is 10.3 Å². The smallest absolute Gasteiger partial charge is 0.0451 e. The zero-order chi connectivity index (χ0) is 14.4. The van der Waals surface area contributed by atoms with Crippen molar-refractivity contribution in [1.29, 1.82) is 0 Å². The highest BCUT2D eigenvalue weighted by Crippen LogP contribution is 2.28. The molecule has 2 aromatic rings. The Hall–Kier alpha value is -1.52. The van der Waals surface area contributed by atoms with Crippen molar-refractivity contribution in [3.63, 3.8) is 0 Å². The number of anilines is 1. The van der Waals surface area contributed by atoms with Crippen LogP contribution in [0.5, 0.6) is 0 Å². The predicted octanol–water partition coefficient (Wildman–Crippen LogP) is 3.42. The van der Waals surface area contributed by atoms with Crippen LogP contribution in [0.25, 0.3) is 0 Å². The van der Waals surface area contributed by atoms with E-state index in [9.17, 15) is 0 Å². The SMILES string of the molecule is CCNC(CSc1ccccc1C)c1cnccc1N. The lowest BCUT2D eigenvalue weighted by Gasteiger charge is -2.19. The minimum Gasteiger partial charge on any atom is -0.398 e. The highest BCUT2D eigenvalue weighted by molar-refractivity contribution is 7.99. The number of nitrogen functional groups attached to an aromatic ring is 1. The van der Waals surface area contributed by atoms with E-state index >= 15 is 0 Å². The maximum absolute atomic E-state index is 6.06. The number of pyridine rings is 1. The van der Waals surface area contributed by atoms with Gasteiger partial charge in [-0.15, -0.1) is 11.8 Å². The van der Waals surface area contributed by atoms with Gasteiger partial charge in [-0.25, -0.2) is 0 Å². The lowest BCUT2D eigenvalue weighted by Crippen LogP contribution is -2.24. The van der Waals surface area contributed by atoms with E-state index < -0.39 is 0 Å². The summed E-state index contributed by atoms with van der Waals surface area (Å²) in [7, 11) is 0. The second kappa shape index (κ2) is 7.31. The summed E-state index contributed by atoms with van der Waals surface area (Å²) < 4.78 is 0. The zero-order valence-corrected chi connectivity index (χ0v) is 12.8. The Labute approximate surface area is 125 Å². The third-order valence-electron chi connectivity index (χ3n) is 3.21. The van der Waals surface area contributed by atoms with Crippen LogP contribution in [-0.2, 0) is 0 Å². The molecule has 4 heteroatoms. The van der Waals surface area contributed by atoms with E-state index in [1.807, 2.05) is 24.0 Å². The van der Waals surface area contributed by atoms with E-state index in [-0.39, 0.29) is 6.04 Å². The van der Waals surface area contributed by atoms with Crippen LogP contribution >= 0.6 is 11.8 Å². The van der Waals surface area contributed by atoms with Crippen molar-refractivity contribution in [3.8, 4) is 0 Å². The molecule has 0 radical (unpaired) electrons. The molecule has 2 rings (SSSR count). The molecule has 0 aliphatic heterocycles. The molecule has 0 bridgehead atoms. The number of aryl methyl sites for hydroxylation is 1. The molecule has 0 spiro atoms. The first-order chi connectivity index (χ1) is 9.72. The van der Waals surface area contributed by atoms with Crippen molar-refractivity contribution in [2.75, 3.05) is 18.0 Å². The quantitative estimate of drug-likeness (QED) is 0.799. The van der Waals surface area contributed by atoms with Gasteiger partial charge >= 0.3 is 0 Å². The van der Waals surface area contributed by atoms with Crippen molar-refractivity contribution >= 4 is 17.4 Å². The molecule has 0 fully saturated rings. The molecule has 1 aromatic heterocycles. The summed E-state index contributed by atoms with van der Waals surface area (Å²) in [6.45, 7) is 5.16. The highest BCUT2D eigenvalue weighted by atomic mass is 32.2. The monoisotopic (exact) mass is 287 g/mol. The standard InChI is InChI=1S/C16H21N3S/c1-3-19-15(13-10-18-9-8-14(13)17)11-20-16-7-5-4-6-12(16)2/h4-10,15,19H,3,11H2,1-2H3,(H2,17,18). The summed E-state index contributed by atoms with van der Waals surface area (Å²) >= 11 is 1.85. The lowest BCUT2D eigenvalue weighted by molar-refractivity contribution is 0.605. The van der Waals surface area contributed by atoms with Crippen LogP contribution in [0.1, 0.15) is 24.1 Å². The van der Waals surface area contributed by atoms with Gasteiger partial charge in [0.2, 0.25) is 0 Å². The van der Waals surface area contributed by atoms with Crippen LogP contribution in [0, 0.1) is 6.92 Å². The average molecular weight is 287 g/mol. The molecule has 20 heavy (non-hydrogen) atoms. The molecular formula is C16H21N3S. The van der Waals surface area contributed by atoms with E-state index in [1.165, 1.54) is 10.5 Å². The summed E-state index contributed by atoms with van der Waals surface area (Å²) in [5, 5.41) is 3.49. The van der Waals surface area contributed by atoms with Gasteiger partial charge in [0, 0.05) is 40.3 Å². The van der Waals surface area contributed by atoms with Gasteiger partial charge in [-0.3, -0.25) is 4.98 Å². The Bertz CT molecular complexity index is 557.